The summed E-state index contributed by atoms with van der Waals surface area (Å²) < 4.78 is 0. The van der Waals surface area contributed by atoms with Gasteiger partial charge in [-0.05, 0) is 18.6 Å². The van der Waals surface area contributed by atoms with E-state index < -0.39 is 12.0 Å². The Morgan fingerprint density at radius 2 is 1.75 bits per heavy atom. The van der Waals surface area contributed by atoms with E-state index in [1.54, 1.807) is 24.3 Å². The van der Waals surface area contributed by atoms with Gasteiger partial charge in [-0.3, -0.25) is 4.79 Å². The van der Waals surface area contributed by atoms with Crippen LogP contribution < -0.4 is 10.8 Å². The molecule has 1 rings (SSSR count). The molecule has 5 nitrogen and oxygen atoms in total. The van der Waals surface area contributed by atoms with E-state index in [1.165, 1.54) is 19.3 Å². The average Bonchev–Trinajstić information content (AvgIpc) is 2.49. The van der Waals surface area contributed by atoms with Crippen molar-refractivity contribution in [2.24, 2.45) is 0 Å². The summed E-state index contributed by atoms with van der Waals surface area (Å²) in [6.07, 6.45) is 4.97. The predicted molar refractivity (Wildman–Crippen MR) is 77.2 cm³/mol. The first-order valence-corrected chi connectivity index (χ1v) is 7.04. The van der Waals surface area contributed by atoms with Crippen molar-refractivity contribution in [1.29, 1.82) is 0 Å². The molecule has 0 fully saturated rings. The topological polar surface area (TPSA) is 67.4 Å². The fourth-order valence-electron chi connectivity index (χ4n) is 1.70. The maximum absolute atomic E-state index is 11.6. The first-order chi connectivity index (χ1) is 9.74. The maximum Gasteiger partial charge on any atom is 0.431 e. The lowest BCUT2D eigenvalue weighted by molar-refractivity contribution is 0.0572. The van der Waals surface area contributed by atoms with E-state index in [-0.39, 0.29) is 0 Å². The van der Waals surface area contributed by atoms with E-state index in [4.69, 9.17) is 0 Å². The lowest BCUT2D eigenvalue weighted by Crippen LogP contribution is -2.34. The Kier molecular flexibility index (Phi) is 7.87. The Labute approximate surface area is 119 Å². The van der Waals surface area contributed by atoms with Gasteiger partial charge in [0.1, 0.15) is 0 Å². The molecule has 20 heavy (non-hydrogen) atoms. The average molecular weight is 278 g/mol. The van der Waals surface area contributed by atoms with E-state index >= 15 is 0 Å². The molecule has 2 amide bonds. The van der Waals surface area contributed by atoms with Crippen molar-refractivity contribution in [2.45, 2.75) is 39.0 Å². The van der Waals surface area contributed by atoms with Crippen LogP contribution in [0.2, 0.25) is 0 Å². The molecule has 0 aromatic heterocycles. The van der Waals surface area contributed by atoms with Gasteiger partial charge in [0.15, 0.2) is 0 Å². The standard InChI is InChI=1S/C15H22N2O3/c1-2-3-4-5-9-12-16-15(19)20-17-14(18)13-10-7-6-8-11-13/h6-8,10-11H,2-5,9,12H2,1H3,(H,16,19)(H,17,18). The van der Waals surface area contributed by atoms with Crippen LogP contribution in [0.1, 0.15) is 49.4 Å². The third-order valence-electron chi connectivity index (χ3n) is 2.82. The molecule has 0 aliphatic heterocycles. The second-order valence-corrected chi connectivity index (χ2v) is 4.53. The van der Waals surface area contributed by atoms with E-state index in [0.29, 0.717) is 12.1 Å². The predicted octanol–water partition coefficient (Wildman–Crippen LogP) is 3.03. The van der Waals surface area contributed by atoms with Crippen LogP contribution in [0.15, 0.2) is 30.3 Å². The number of benzene rings is 1. The molecule has 0 aliphatic carbocycles. The van der Waals surface area contributed by atoms with Crippen molar-refractivity contribution in [1.82, 2.24) is 10.8 Å². The summed E-state index contributed by atoms with van der Waals surface area (Å²) in [6, 6.07) is 8.58. The second kappa shape index (κ2) is 9.83. The number of rotatable bonds is 7. The van der Waals surface area contributed by atoms with Crippen molar-refractivity contribution in [2.75, 3.05) is 6.54 Å². The molecule has 0 atom stereocenters. The zero-order chi connectivity index (χ0) is 14.6. The number of carbonyl (C=O) groups excluding carboxylic acids is 2. The van der Waals surface area contributed by atoms with Gasteiger partial charge in [0.2, 0.25) is 0 Å². The van der Waals surface area contributed by atoms with Crippen LogP contribution in [-0.4, -0.2) is 18.5 Å². The van der Waals surface area contributed by atoms with Crippen LogP contribution in [0, 0.1) is 0 Å². The maximum atomic E-state index is 11.6. The molecule has 1 aromatic carbocycles. The quantitative estimate of drug-likeness (QED) is 0.595. The minimum Gasteiger partial charge on any atom is -0.321 e. The molecule has 0 heterocycles. The highest BCUT2D eigenvalue weighted by molar-refractivity contribution is 5.94. The second-order valence-electron chi connectivity index (χ2n) is 4.53. The van der Waals surface area contributed by atoms with Gasteiger partial charge in [0, 0.05) is 12.1 Å². The van der Waals surface area contributed by atoms with Crippen molar-refractivity contribution in [3.63, 3.8) is 0 Å². The number of unbranched alkanes of at least 4 members (excludes halogenated alkanes) is 4. The van der Waals surface area contributed by atoms with Crippen LogP contribution >= 0.6 is 0 Å². The van der Waals surface area contributed by atoms with Gasteiger partial charge in [-0.2, -0.15) is 5.48 Å². The third kappa shape index (κ3) is 6.78. The molecule has 110 valence electrons. The SMILES string of the molecule is CCCCCCCNC(=O)ONC(=O)c1ccccc1. The minimum absolute atomic E-state index is 0.441. The van der Waals surface area contributed by atoms with Crippen LogP contribution in [0.3, 0.4) is 0 Å². The Hall–Kier alpha value is -2.04. The monoisotopic (exact) mass is 278 g/mol. The summed E-state index contributed by atoms with van der Waals surface area (Å²) in [5.74, 6) is -0.441. The summed E-state index contributed by atoms with van der Waals surface area (Å²) in [7, 11) is 0. The molecule has 0 saturated carbocycles. The first-order valence-electron chi connectivity index (χ1n) is 7.04. The Bertz CT molecular complexity index is 407. The largest absolute Gasteiger partial charge is 0.431 e. The van der Waals surface area contributed by atoms with Crippen LogP contribution in [-0.2, 0) is 4.84 Å². The minimum atomic E-state index is -0.634. The molecule has 0 aliphatic rings. The smallest absolute Gasteiger partial charge is 0.321 e. The Morgan fingerprint density at radius 3 is 2.45 bits per heavy atom. The number of carbonyl (C=O) groups is 2. The van der Waals surface area contributed by atoms with E-state index in [9.17, 15) is 9.59 Å². The zero-order valence-corrected chi connectivity index (χ0v) is 11.9. The molecule has 1 aromatic rings. The molecular formula is C15H22N2O3. The highest BCUT2D eigenvalue weighted by Gasteiger charge is 2.07. The lowest BCUT2D eigenvalue weighted by Gasteiger charge is -2.07. The lowest BCUT2D eigenvalue weighted by atomic mass is 10.1. The Morgan fingerprint density at radius 1 is 1.05 bits per heavy atom. The summed E-state index contributed by atoms with van der Waals surface area (Å²) in [4.78, 5) is 27.5. The zero-order valence-electron chi connectivity index (χ0n) is 11.9. The molecule has 0 radical (unpaired) electrons. The van der Waals surface area contributed by atoms with Crippen molar-refractivity contribution < 1.29 is 14.4 Å². The number of hydroxylamine groups is 1. The molecule has 0 saturated heterocycles. The van der Waals surface area contributed by atoms with E-state index in [0.717, 1.165) is 12.8 Å². The van der Waals surface area contributed by atoms with Crippen LogP contribution in [0.4, 0.5) is 4.79 Å². The summed E-state index contributed by atoms with van der Waals surface area (Å²) in [5.41, 5.74) is 2.55. The molecule has 0 spiro atoms. The molecule has 0 bridgehead atoms. The molecule has 5 heteroatoms. The fraction of sp³-hybridized carbons (Fsp3) is 0.467. The first kappa shape index (κ1) is 16.0. The molecule has 0 unspecified atom stereocenters. The normalized spacial score (nSPS) is 9.85. The van der Waals surface area contributed by atoms with Crippen LogP contribution in [0.5, 0.6) is 0 Å². The number of hydrogen-bond donors (Lipinski definition) is 2. The van der Waals surface area contributed by atoms with Crippen molar-refractivity contribution >= 4 is 12.0 Å². The third-order valence-corrected chi connectivity index (χ3v) is 2.82. The van der Waals surface area contributed by atoms with Gasteiger partial charge < -0.3 is 10.2 Å². The highest BCUT2D eigenvalue weighted by atomic mass is 16.7. The van der Waals surface area contributed by atoms with Crippen LogP contribution in [0.25, 0.3) is 0 Å². The van der Waals surface area contributed by atoms with Crippen molar-refractivity contribution in [3.8, 4) is 0 Å². The van der Waals surface area contributed by atoms with Gasteiger partial charge in [-0.1, -0.05) is 50.8 Å². The van der Waals surface area contributed by atoms with Gasteiger partial charge >= 0.3 is 6.09 Å². The van der Waals surface area contributed by atoms with Gasteiger partial charge in [0.05, 0.1) is 0 Å². The molecular weight excluding hydrogens is 256 g/mol. The van der Waals surface area contributed by atoms with Gasteiger partial charge in [-0.25, -0.2) is 4.79 Å². The number of amides is 2. The number of nitrogens with one attached hydrogen (secondary N) is 2. The summed E-state index contributed by atoms with van der Waals surface area (Å²) in [5, 5.41) is 2.59. The fourth-order valence-corrected chi connectivity index (χ4v) is 1.70. The van der Waals surface area contributed by atoms with Crippen molar-refractivity contribution in [3.05, 3.63) is 35.9 Å². The van der Waals surface area contributed by atoms with Gasteiger partial charge in [-0.15, -0.1) is 0 Å². The number of hydrogen-bond acceptors (Lipinski definition) is 3. The van der Waals surface area contributed by atoms with Gasteiger partial charge in [0.25, 0.3) is 5.91 Å². The summed E-state index contributed by atoms with van der Waals surface area (Å²) >= 11 is 0. The summed E-state index contributed by atoms with van der Waals surface area (Å²) in [6.45, 7) is 2.72. The highest BCUT2D eigenvalue weighted by Crippen LogP contribution is 2.01. The molecule has 2 N–H and O–H groups in total. The Balaban J connectivity index is 2.09. The van der Waals surface area contributed by atoms with E-state index in [1.807, 2.05) is 6.07 Å². The van der Waals surface area contributed by atoms with E-state index in [2.05, 4.69) is 22.6 Å².